The van der Waals surface area contributed by atoms with Crippen LogP contribution < -0.4 is 15.1 Å². The molecule has 1 aromatic rings. The van der Waals surface area contributed by atoms with Crippen molar-refractivity contribution >= 4 is 55.3 Å². The molecule has 0 bridgehead atoms. The average Bonchev–Trinajstić information content (AvgIpc) is 2.96. The van der Waals surface area contributed by atoms with Crippen molar-refractivity contribution in [3.8, 4) is 0 Å². The summed E-state index contributed by atoms with van der Waals surface area (Å²) < 4.78 is 37.1. The number of anilines is 2. The van der Waals surface area contributed by atoms with Crippen LogP contribution in [0.15, 0.2) is 18.2 Å². The van der Waals surface area contributed by atoms with Crippen molar-refractivity contribution in [1.29, 1.82) is 0 Å². The first kappa shape index (κ1) is 20.4. The molecule has 0 aromatic heterocycles. The van der Waals surface area contributed by atoms with Gasteiger partial charge in [0.15, 0.2) is 0 Å². The van der Waals surface area contributed by atoms with Crippen LogP contribution in [0.1, 0.15) is 6.42 Å². The van der Waals surface area contributed by atoms with Crippen LogP contribution in [0.4, 0.5) is 15.8 Å². The topological polar surface area (TPSA) is 93.2 Å². The Balaban J connectivity index is 1.83. The van der Waals surface area contributed by atoms with Crippen LogP contribution in [0.3, 0.4) is 0 Å². The van der Waals surface area contributed by atoms with Crippen LogP contribution in [0.25, 0.3) is 0 Å². The fraction of sp³-hybridized carbons (Fsp3) is 0.467. The summed E-state index contributed by atoms with van der Waals surface area (Å²) in [6.45, 7) is 1.46. The summed E-state index contributed by atoms with van der Waals surface area (Å²) in [5.41, 5.74) is 0.504. The van der Waals surface area contributed by atoms with E-state index < -0.39 is 26.7 Å². The maximum atomic E-state index is 14.7. The Morgan fingerprint density at radius 3 is 2.70 bits per heavy atom. The number of carbonyl (C=O) groups excluding carboxylic acids is 2. The first-order valence-electron chi connectivity index (χ1n) is 8.17. The molecule has 0 saturated carbocycles. The summed E-state index contributed by atoms with van der Waals surface area (Å²) in [5.74, 6) is -1.27. The molecule has 2 N–H and O–H groups in total. The van der Waals surface area contributed by atoms with E-state index in [0.717, 1.165) is 15.7 Å². The Morgan fingerprint density at radius 2 is 2.11 bits per heavy atom. The molecule has 2 aliphatic heterocycles. The van der Waals surface area contributed by atoms with Crippen molar-refractivity contribution in [2.24, 2.45) is 0 Å². The molecule has 27 heavy (non-hydrogen) atoms. The summed E-state index contributed by atoms with van der Waals surface area (Å²) in [6.07, 6.45) is 1.81. The number of amides is 2. The van der Waals surface area contributed by atoms with Crippen LogP contribution in [-0.4, -0.2) is 62.8 Å². The van der Waals surface area contributed by atoms with E-state index >= 15 is 0 Å². The van der Waals surface area contributed by atoms with Gasteiger partial charge in [-0.1, -0.05) is 11.9 Å². The van der Waals surface area contributed by atoms with Crippen molar-refractivity contribution in [3.63, 3.8) is 0 Å². The third kappa shape index (κ3) is 4.10. The number of benzene rings is 1. The molecule has 2 unspecified atom stereocenters. The molecule has 8 nitrogen and oxygen atoms in total. The number of nitrogens with one attached hydrogen (secondary N) is 1. The zero-order valence-electron chi connectivity index (χ0n) is 14.5. The molecular weight excluding hydrogens is 415 g/mol. The van der Waals surface area contributed by atoms with Gasteiger partial charge in [-0.15, -0.1) is 3.71 Å². The average molecular weight is 435 g/mol. The zero-order chi connectivity index (χ0) is 19.8. The summed E-state index contributed by atoms with van der Waals surface area (Å²) in [6, 6.07) is 3.38. The van der Waals surface area contributed by atoms with Gasteiger partial charge in [0, 0.05) is 36.5 Å². The Morgan fingerprint density at radius 1 is 1.37 bits per heavy atom. The molecule has 0 radical (unpaired) electrons. The molecule has 3 rings (SSSR count). The standard InChI is InChI=1S/C15H19FN4O4S3/c1-26-20(27(23,24)25)13-4-6-19(15(13)22)12-3-2-10(8-11(12)16)18-7-5-17-9-14(18)21/h2-3,8,13,17H,4-7,9H2,1H3,(H,23,24,25). The Labute approximate surface area is 165 Å². The fourth-order valence-corrected chi connectivity index (χ4v) is 5.82. The normalized spacial score (nSPS) is 23.2. The molecular formula is C15H19FN4O4S3. The number of carbonyl (C=O) groups is 2. The minimum absolute atomic E-state index is 0.0729. The maximum Gasteiger partial charge on any atom is 0.246 e. The first-order valence-corrected chi connectivity index (χ1v) is 11.7. The lowest BCUT2D eigenvalue weighted by Crippen LogP contribution is -2.48. The highest BCUT2D eigenvalue weighted by Crippen LogP contribution is 2.32. The lowest BCUT2D eigenvalue weighted by atomic mass is 10.2. The highest BCUT2D eigenvalue weighted by molar-refractivity contribution is 8.32. The van der Waals surface area contributed by atoms with E-state index in [9.17, 15) is 22.7 Å². The van der Waals surface area contributed by atoms with Gasteiger partial charge in [-0.2, -0.15) is 0 Å². The molecule has 1 aromatic carbocycles. The summed E-state index contributed by atoms with van der Waals surface area (Å²) >= 11 is 5.49. The lowest BCUT2D eigenvalue weighted by molar-refractivity contribution is -0.119. The number of rotatable bonds is 5. The number of halogens is 1. The van der Waals surface area contributed by atoms with Crippen LogP contribution in [0.5, 0.6) is 0 Å². The molecule has 0 aliphatic carbocycles. The number of piperazine rings is 1. The van der Waals surface area contributed by atoms with Gasteiger partial charge in [-0.3, -0.25) is 14.1 Å². The lowest BCUT2D eigenvalue weighted by Gasteiger charge is -2.28. The van der Waals surface area contributed by atoms with Gasteiger partial charge in [0.25, 0.3) is 0 Å². The monoisotopic (exact) mass is 434 g/mol. The van der Waals surface area contributed by atoms with Gasteiger partial charge in [0.05, 0.1) is 12.2 Å². The number of hydrogen-bond acceptors (Lipinski definition) is 6. The molecule has 2 saturated heterocycles. The van der Waals surface area contributed by atoms with E-state index in [0.29, 0.717) is 18.8 Å². The number of hydrogen-bond donors (Lipinski definition) is 2. The second kappa shape index (κ2) is 7.97. The van der Waals surface area contributed by atoms with Gasteiger partial charge in [0.1, 0.15) is 11.9 Å². The van der Waals surface area contributed by atoms with Crippen molar-refractivity contribution in [2.75, 3.05) is 42.2 Å². The Bertz CT molecular complexity index is 867. The van der Waals surface area contributed by atoms with Gasteiger partial charge in [0.2, 0.25) is 20.8 Å². The highest BCUT2D eigenvalue weighted by Gasteiger charge is 2.41. The number of nitrogens with zero attached hydrogens (tertiary/aromatic N) is 3. The third-order valence-corrected chi connectivity index (χ3v) is 7.60. The Kier molecular flexibility index (Phi) is 6.03. The van der Waals surface area contributed by atoms with Crippen molar-refractivity contribution in [2.45, 2.75) is 12.5 Å². The molecule has 0 spiro atoms. The molecule has 2 amide bonds. The second-order valence-corrected chi connectivity index (χ2v) is 9.65. The van der Waals surface area contributed by atoms with E-state index in [1.807, 2.05) is 0 Å². The maximum absolute atomic E-state index is 14.7. The van der Waals surface area contributed by atoms with Crippen LogP contribution in [0, 0.1) is 5.82 Å². The van der Waals surface area contributed by atoms with E-state index in [1.165, 1.54) is 21.9 Å². The zero-order valence-corrected chi connectivity index (χ0v) is 16.9. The third-order valence-electron chi connectivity index (χ3n) is 4.46. The van der Waals surface area contributed by atoms with Crippen LogP contribution in [-0.2, 0) is 29.7 Å². The van der Waals surface area contributed by atoms with Crippen LogP contribution >= 0.6 is 11.9 Å². The van der Waals surface area contributed by atoms with Gasteiger partial charge >= 0.3 is 0 Å². The minimum Gasteiger partial charge on any atom is -0.310 e. The highest BCUT2D eigenvalue weighted by atomic mass is 32.9. The predicted molar refractivity (Wildman–Crippen MR) is 106 cm³/mol. The molecule has 2 heterocycles. The molecule has 12 heteroatoms. The molecule has 2 aliphatic rings. The van der Waals surface area contributed by atoms with E-state index in [1.54, 1.807) is 12.3 Å². The van der Waals surface area contributed by atoms with Crippen molar-refractivity contribution < 1.29 is 22.7 Å². The second-order valence-electron chi connectivity index (χ2n) is 6.07. The summed E-state index contributed by atoms with van der Waals surface area (Å²) in [4.78, 5) is 27.4. The first-order chi connectivity index (χ1) is 12.7. The van der Waals surface area contributed by atoms with Crippen LogP contribution in [0.2, 0.25) is 0 Å². The quantitative estimate of drug-likeness (QED) is 0.655. The predicted octanol–water partition coefficient (Wildman–Crippen LogP) is 0.581. The van der Waals surface area contributed by atoms with E-state index in [-0.39, 0.29) is 31.1 Å². The van der Waals surface area contributed by atoms with Crippen molar-refractivity contribution in [3.05, 3.63) is 24.0 Å². The SMILES string of the molecule is CSN(C1CCN(c2ccc(N3CCNCC3=O)cc2F)C1=O)S(=O)(O)=S. The smallest absolute Gasteiger partial charge is 0.246 e. The van der Waals surface area contributed by atoms with E-state index in [4.69, 9.17) is 0 Å². The summed E-state index contributed by atoms with van der Waals surface area (Å²) in [7, 11) is -3.74. The summed E-state index contributed by atoms with van der Waals surface area (Å²) in [5, 5.41) is 2.95. The van der Waals surface area contributed by atoms with Gasteiger partial charge < -0.3 is 15.1 Å². The van der Waals surface area contributed by atoms with Crippen molar-refractivity contribution in [1.82, 2.24) is 9.03 Å². The molecule has 2 fully saturated rings. The van der Waals surface area contributed by atoms with E-state index in [2.05, 4.69) is 16.5 Å². The Hall–Kier alpha value is -1.31. The fourth-order valence-electron chi connectivity index (χ4n) is 3.24. The van der Waals surface area contributed by atoms with Gasteiger partial charge in [-0.25, -0.2) is 8.60 Å². The molecule has 2 atom stereocenters. The molecule has 148 valence electrons. The minimum atomic E-state index is -3.74. The largest absolute Gasteiger partial charge is 0.310 e. The van der Waals surface area contributed by atoms with Gasteiger partial charge in [-0.05, 0) is 30.9 Å².